The Labute approximate surface area is 99.4 Å². The summed E-state index contributed by atoms with van der Waals surface area (Å²) in [4.78, 5) is 0. The summed E-state index contributed by atoms with van der Waals surface area (Å²) in [5, 5.41) is 26.3. The molecule has 0 amide bonds. The summed E-state index contributed by atoms with van der Waals surface area (Å²) in [6, 6.07) is 12.5. The van der Waals surface area contributed by atoms with Crippen molar-refractivity contribution in [2.75, 3.05) is 7.11 Å². The summed E-state index contributed by atoms with van der Waals surface area (Å²) < 4.78 is 4.79. The van der Waals surface area contributed by atoms with Crippen LogP contribution in [0, 0.1) is 0 Å². The molecule has 17 heavy (non-hydrogen) atoms. The summed E-state index contributed by atoms with van der Waals surface area (Å²) in [5.41, 5.74) is 0. The highest BCUT2D eigenvalue weighted by Gasteiger charge is 1.94. The molecular weight excluding hydrogens is 220 g/mol. The van der Waals surface area contributed by atoms with Gasteiger partial charge < -0.3 is 20.1 Å². The molecule has 0 bridgehead atoms. The van der Waals surface area contributed by atoms with Crippen molar-refractivity contribution in [1.29, 1.82) is 0 Å². The lowest BCUT2D eigenvalue weighted by Gasteiger charge is -1.99. The SMILES string of the molecule is COc1ccccc1O.Oc1ccc(O)cc1. The van der Waals surface area contributed by atoms with Gasteiger partial charge in [0.05, 0.1) is 7.11 Å². The molecule has 0 aromatic heterocycles. The first kappa shape index (κ1) is 12.7. The van der Waals surface area contributed by atoms with Gasteiger partial charge in [-0.2, -0.15) is 0 Å². The smallest absolute Gasteiger partial charge is 0.160 e. The van der Waals surface area contributed by atoms with Gasteiger partial charge in [0.1, 0.15) is 11.5 Å². The van der Waals surface area contributed by atoms with E-state index in [-0.39, 0.29) is 17.2 Å². The Balaban J connectivity index is 0.000000171. The zero-order valence-corrected chi connectivity index (χ0v) is 9.37. The van der Waals surface area contributed by atoms with Crippen molar-refractivity contribution < 1.29 is 20.1 Å². The summed E-state index contributed by atoms with van der Waals surface area (Å²) in [6.07, 6.45) is 0. The fraction of sp³-hybridized carbons (Fsp3) is 0.0769. The first-order valence-corrected chi connectivity index (χ1v) is 4.93. The van der Waals surface area contributed by atoms with Crippen LogP contribution in [0.2, 0.25) is 0 Å². The lowest BCUT2D eigenvalue weighted by molar-refractivity contribution is 0.373. The van der Waals surface area contributed by atoms with Crippen LogP contribution >= 0.6 is 0 Å². The average molecular weight is 234 g/mol. The molecule has 0 heterocycles. The van der Waals surface area contributed by atoms with E-state index in [9.17, 15) is 0 Å². The lowest BCUT2D eigenvalue weighted by Crippen LogP contribution is -1.80. The van der Waals surface area contributed by atoms with E-state index in [2.05, 4.69) is 0 Å². The largest absolute Gasteiger partial charge is 0.508 e. The molecule has 0 atom stereocenters. The summed E-state index contributed by atoms with van der Waals surface area (Å²) in [5.74, 6) is 1.03. The first-order valence-electron chi connectivity index (χ1n) is 4.93. The Morgan fingerprint density at radius 3 is 1.59 bits per heavy atom. The minimum absolute atomic E-state index is 0.169. The van der Waals surface area contributed by atoms with E-state index in [4.69, 9.17) is 20.1 Å². The van der Waals surface area contributed by atoms with Gasteiger partial charge in [-0.15, -0.1) is 0 Å². The molecule has 0 aliphatic heterocycles. The fourth-order valence-corrected chi connectivity index (χ4v) is 1.08. The van der Waals surface area contributed by atoms with Crippen LogP contribution in [0.5, 0.6) is 23.0 Å². The van der Waals surface area contributed by atoms with Crippen LogP contribution in [0.3, 0.4) is 0 Å². The second-order valence-corrected chi connectivity index (χ2v) is 3.19. The van der Waals surface area contributed by atoms with Crippen molar-refractivity contribution in [2.24, 2.45) is 0 Å². The number of hydrogen-bond donors (Lipinski definition) is 3. The number of hydrogen-bond acceptors (Lipinski definition) is 4. The zero-order valence-electron chi connectivity index (χ0n) is 9.37. The van der Waals surface area contributed by atoms with E-state index in [0.29, 0.717) is 5.75 Å². The topological polar surface area (TPSA) is 69.9 Å². The molecule has 0 aliphatic rings. The van der Waals surface area contributed by atoms with Crippen LogP contribution in [0.1, 0.15) is 0 Å². The maximum Gasteiger partial charge on any atom is 0.160 e. The van der Waals surface area contributed by atoms with E-state index in [1.807, 2.05) is 0 Å². The molecule has 4 nitrogen and oxygen atoms in total. The fourth-order valence-electron chi connectivity index (χ4n) is 1.08. The summed E-state index contributed by atoms with van der Waals surface area (Å²) >= 11 is 0. The van der Waals surface area contributed by atoms with Gasteiger partial charge in [0.15, 0.2) is 11.5 Å². The predicted molar refractivity (Wildman–Crippen MR) is 64.4 cm³/mol. The van der Waals surface area contributed by atoms with Gasteiger partial charge in [-0.25, -0.2) is 0 Å². The van der Waals surface area contributed by atoms with Gasteiger partial charge in [0.25, 0.3) is 0 Å². The molecule has 2 rings (SSSR count). The molecule has 2 aromatic carbocycles. The molecule has 0 spiro atoms. The zero-order chi connectivity index (χ0) is 12.7. The number of ether oxygens (including phenoxy) is 1. The van der Waals surface area contributed by atoms with Crippen molar-refractivity contribution >= 4 is 0 Å². The monoisotopic (exact) mass is 234 g/mol. The second-order valence-electron chi connectivity index (χ2n) is 3.19. The van der Waals surface area contributed by atoms with Crippen molar-refractivity contribution in [2.45, 2.75) is 0 Å². The normalized spacial score (nSPS) is 9.00. The molecule has 0 aliphatic carbocycles. The Morgan fingerprint density at radius 1 is 0.765 bits per heavy atom. The highest BCUT2D eigenvalue weighted by atomic mass is 16.5. The standard InChI is InChI=1S/C7H8O2.C6H6O2/c1-9-7-5-3-2-4-6(7)8;7-5-1-2-6(8)4-3-5/h2-5,8H,1H3;1-4,7-8H. The Bertz CT molecular complexity index is 430. The van der Waals surface area contributed by atoms with Crippen LogP contribution in [0.15, 0.2) is 48.5 Å². The van der Waals surface area contributed by atoms with E-state index in [1.54, 1.807) is 24.3 Å². The molecule has 90 valence electrons. The maximum absolute atomic E-state index is 8.99. The quantitative estimate of drug-likeness (QED) is 0.663. The van der Waals surface area contributed by atoms with Gasteiger partial charge in [-0.1, -0.05) is 12.1 Å². The molecule has 0 unspecified atom stereocenters. The highest BCUT2D eigenvalue weighted by Crippen LogP contribution is 2.23. The molecule has 4 heteroatoms. The first-order chi connectivity index (χ1) is 8.13. The van der Waals surface area contributed by atoms with E-state index < -0.39 is 0 Å². The number of rotatable bonds is 1. The van der Waals surface area contributed by atoms with E-state index in [0.717, 1.165) is 0 Å². The van der Waals surface area contributed by atoms with Crippen molar-refractivity contribution in [3.8, 4) is 23.0 Å². The molecule has 0 saturated carbocycles. The van der Waals surface area contributed by atoms with Crippen molar-refractivity contribution in [3.63, 3.8) is 0 Å². The molecule has 0 fully saturated rings. The van der Waals surface area contributed by atoms with Gasteiger partial charge >= 0.3 is 0 Å². The third-order valence-electron chi connectivity index (χ3n) is 1.93. The van der Waals surface area contributed by atoms with Gasteiger partial charge in [-0.05, 0) is 36.4 Å². The van der Waals surface area contributed by atoms with E-state index >= 15 is 0 Å². The number of para-hydroxylation sites is 2. The summed E-state index contributed by atoms with van der Waals surface area (Å²) in [6.45, 7) is 0. The molecular formula is C13H14O4. The lowest BCUT2D eigenvalue weighted by atomic mass is 10.3. The number of benzene rings is 2. The van der Waals surface area contributed by atoms with Crippen molar-refractivity contribution in [3.05, 3.63) is 48.5 Å². The second kappa shape index (κ2) is 6.27. The number of phenols is 3. The van der Waals surface area contributed by atoms with Gasteiger partial charge in [0.2, 0.25) is 0 Å². The third kappa shape index (κ3) is 4.34. The Hall–Kier alpha value is -2.36. The molecule has 0 radical (unpaired) electrons. The van der Waals surface area contributed by atoms with Gasteiger partial charge in [-0.3, -0.25) is 0 Å². The van der Waals surface area contributed by atoms with Crippen LogP contribution < -0.4 is 4.74 Å². The number of phenolic OH excluding ortho intramolecular Hbond substituents is 3. The molecule has 3 N–H and O–H groups in total. The Kier molecular flexibility index (Phi) is 4.69. The average Bonchev–Trinajstić information content (AvgIpc) is 2.34. The summed E-state index contributed by atoms with van der Waals surface area (Å²) in [7, 11) is 1.52. The van der Waals surface area contributed by atoms with Crippen LogP contribution in [-0.4, -0.2) is 22.4 Å². The minimum atomic E-state index is 0.169. The minimum Gasteiger partial charge on any atom is -0.508 e. The van der Waals surface area contributed by atoms with Crippen LogP contribution in [0.4, 0.5) is 0 Å². The van der Waals surface area contributed by atoms with Crippen molar-refractivity contribution in [1.82, 2.24) is 0 Å². The van der Waals surface area contributed by atoms with Crippen LogP contribution in [0.25, 0.3) is 0 Å². The highest BCUT2D eigenvalue weighted by molar-refractivity contribution is 5.37. The number of aromatic hydroxyl groups is 3. The maximum atomic E-state index is 8.99. The van der Waals surface area contributed by atoms with Gasteiger partial charge in [0, 0.05) is 0 Å². The van der Waals surface area contributed by atoms with E-state index in [1.165, 1.54) is 31.4 Å². The number of methoxy groups -OCH3 is 1. The molecule has 0 saturated heterocycles. The Morgan fingerprint density at radius 2 is 1.24 bits per heavy atom. The predicted octanol–water partition coefficient (Wildman–Crippen LogP) is 2.50. The molecule has 2 aromatic rings. The third-order valence-corrected chi connectivity index (χ3v) is 1.93. The van der Waals surface area contributed by atoms with Crippen LogP contribution in [-0.2, 0) is 0 Å².